The molecule has 1 saturated carbocycles. The largest absolute Gasteiger partial charge is 0.466 e. The van der Waals surface area contributed by atoms with Gasteiger partial charge in [-0.05, 0) is 19.3 Å². The van der Waals surface area contributed by atoms with Crippen molar-refractivity contribution in [3.8, 4) is 0 Å². The Morgan fingerprint density at radius 3 is 2.77 bits per heavy atom. The Morgan fingerprint density at radius 2 is 2.09 bits per heavy atom. The second-order valence-electron chi connectivity index (χ2n) is 5.71. The first-order valence-electron chi connectivity index (χ1n) is 7.86. The van der Waals surface area contributed by atoms with Gasteiger partial charge in [-0.2, -0.15) is 0 Å². The average Bonchev–Trinajstić information content (AvgIpc) is 2.94. The van der Waals surface area contributed by atoms with Gasteiger partial charge in [0.2, 0.25) is 0 Å². The number of carbonyl (C=O) groups excluding carboxylic acids is 1. The zero-order valence-electron chi connectivity index (χ0n) is 13.4. The summed E-state index contributed by atoms with van der Waals surface area (Å²) in [6.45, 7) is 0.698. The Bertz CT molecular complexity index is 375. The molecule has 0 radical (unpaired) electrons. The highest BCUT2D eigenvalue weighted by Crippen LogP contribution is 2.39. The predicted molar refractivity (Wildman–Crippen MR) is 79.2 cm³/mol. The lowest BCUT2D eigenvalue weighted by Crippen LogP contribution is -2.37. The van der Waals surface area contributed by atoms with Crippen LogP contribution in [0.2, 0.25) is 0 Å². The number of hydrogen-bond donors (Lipinski definition) is 0. The van der Waals surface area contributed by atoms with E-state index in [1.165, 1.54) is 19.6 Å². The molecule has 6 nitrogen and oxygen atoms in total. The van der Waals surface area contributed by atoms with E-state index >= 15 is 0 Å². The summed E-state index contributed by atoms with van der Waals surface area (Å²) in [6, 6.07) is 0. The Hall–Kier alpha value is -0.950. The molecule has 0 aromatic rings. The third-order valence-electron chi connectivity index (χ3n) is 4.13. The first-order chi connectivity index (χ1) is 10.7. The SMILES string of the molecule is COCO[C@@H](C/C=C/C(=O)OC)[C@H]1COC2(CCCCC2)O1. The van der Waals surface area contributed by atoms with Crippen molar-refractivity contribution < 1.29 is 28.5 Å². The van der Waals surface area contributed by atoms with Crippen LogP contribution in [0.5, 0.6) is 0 Å². The molecule has 2 aliphatic rings. The van der Waals surface area contributed by atoms with Crippen LogP contribution in [-0.4, -0.2) is 51.6 Å². The van der Waals surface area contributed by atoms with Crippen LogP contribution in [-0.2, 0) is 28.5 Å². The maximum absolute atomic E-state index is 11.1. The number of ether oxygens (including phenoxy) is 5. The van der Waals surface area contributed by atoms with Crippen molar-refractivity contribution in [1.29, 1.82) is 0 Å². The summed E-state index contributed by atoms with van der Waals surface area (Å²) in [5.41, 5.74) is 0. The molecular weight excluding hydrogens is 288 g/mol. The summed E-state index contributed by atoms with van der Waals surface area (Å²) in [7, 11) is 2.93. The van der Waals surface area contributed by atoms with Gasteiger partial charge in [-0.1, -0.05) is 12.5 Å². The van der Waals surface area contributed by atoms with Crippen molar-refractivity contribution in [3.05, 3.63) is 12.2 Å². The number of hydrogen-bond acceptors (Lipinski definition) is 6. The number of esters is 1. The maximum Gasteiger partial charge on any atom is 0.330 e. The highest BCUT2D eigenvalue weighted by Gasteiger charge is 2.44. The van der Waals surface area contributed by atoms with Crippen LogP contribution < -0.4 is 0 Å². The molecule has 1 heterocycles. The monoisotopic (exact) mass is 314 g/mol. The van der Waals surface area contributed by atoms with Crippen LogP contribution >= 0.6 is 0 Å². The molecular formula is C16H26O6. The molecule has 1 aliphatic heterocycles. The van der Waals surface area contributed by atoms with Crippen molar-refractivity contribution >= 4 is 5.97 Å². The molecule has 2 rings (SSSR count). The van der Waals surface area contributed by atoms with Crippen LogP contribution in [0.1, 0.15) is 38.5 Å². The van der Waals surface area contributed by atoms with Crippen LogP contribution in [0, 0.1) is 0 Å². The number of rotatable bonds is 7. The third kappa shape index (κ3) is 4.78. The van der Waals surface area contributed by atoms with E-state index in [0.717, 1.165) is 25.7 Å². The van der Waals surface area contributed by atoms with Crippen LogP contribution in [0.25, 0.3) is 0 Å². The number of methoxy groups -OCH3 is 2. The minimum absolute atomic E-state index is 0.143. The Kier molecular flexibility index (Phi) is 6.82. The Morgan fingerprint density at radius 1 is 1.32 bits per heavy atom. The van der Waals surface area contributed by atoms with Gasteiger partial charge in [0.1, 0.15) is 12.9 Å². The summed E-state index contributed by atoms with van der Waals surface area (Å²) < 4.78 is 27.4. The summed E-state index contributed by atoms with van der Waals surface area (Å²) in [5, 5.41) is 0. The lowest BCUT2D eigenvalue weighted by molar-refractivity contribution is -0.204. The van der Waals surface area contributed by atoms with E-state index < -0.39 is 5.79 Å². The van der Waals surface area contributed by atoms with Crippen molar-refractivity contribution in [1.82, 2.24) is 0 Å². The molecule has 126 valence electrons. The van der Waals surface area contributed by atoms with Gasteiger partial charge in [0.05, 0.1) is 19.8 Å². The second-order valence-corrected chi connectivity index (χ2v) is 5.71. The van der Waals surface area contributed by atoms with Gasteiger partial charge in [0.25, 0.3) is 0 Å². The molecule has 0 N–H and O–H groups in total. The summed E-state index contributed by atoms with van der Waals surface area (Å²) in [4.78, 5) is 11.1. The smallest absolute Gasteiger partial charge is 0.330 e. The molecule has 22 heavy (non-hydrogen) atoms. The van der Waals surface area contributed by atoms with Crippen molar-refractivity contribution in [2.75, 3.05) is 27.6 Å². The normalized spacial score (nSPS) is 25.6. The molecule has 0 aromatic carbocycles. The molecule has 1 spiro atoms. The van der Waals surface area contributed by atoms with Crippen molar-refractivity contribution in [2.24, 2.45) is 0 Å². The van der Waals surface area contributed by atoms with Gasteiger partial charge in [-0.25, -0.2) is 4.79 Å². The van der Waals surface area contributed by atoms with Gasteiger partial charge in [0.15, 0.2) is 5.79 Å². The Labute approximate surface area is 131 Å². The summed E-state index contributed by atoms with van der Waals surface area (Å²) in [5.74, 6) is -0.804. The van der Waals surface area contributed by atoms with Crippen LogP contribution in [0.3, 0.4) is 0 Å². The van der Waals surface area contributed by atoms with Crippen molar-refractivity contribution in [2.45, 2.75) is 56.5 Å². The zero-order valence-corrected chi connectivity index (χ0v) is 13.4. The molecule has 1 saturated heterocycles. The summed E-state index contributed by atoms with van der Waals surface area (Å²) in [6.07, 6.45) is 8.73. The molecule has 6 heteroatoms. The van der Waals surface area contributed by atoms with Gasteiger partial charge in [-0.3, -0.25) is 0 Å². The fourth-order valence-corrected chi connectivity index (χ4v) is 2.96. The quantitative estimate of drug-likeness (QED) is 0.408. The molecule has 0 aromatic heterocycles. The van der Waals surface area contributed by atoms with Gasteiger partial charge < -0.3 is 23.7 Å². The van der Waals surface area contributed by atoms with Gasteiger partial charge in [0, 0.05) is 26.0 Å². The van der Waals surface area contributed by atoms with Gasteiger partial charge in [-0.15, -0.1) is 0 Å². The second kappa shape index (κ2) is 8.62. The predicted octanol–water partition coefficient (Wildman–Crippen LogP) is 2.17. The van der Waals surface area contributed by atoms with E-state index in [1.54, 1.807) is 13.2 Å². The van der Waals surface area contributed by atoms with Crippen molar-refractivity contribution in [3.63, 3.8) is 0 Å². The first-order valence-corrected chi connectivity index (χ1v) is 7.86. The van der Waals surface area contributed by atoms with E-state index in [9.17, 15) is 4.79 Å². The van der Waals surface area contributed by atoms with E-state index in [0.29, 0.717) is 13.0 Å². The molecule has 0 bridgehead atoms. The third-order valence-corrected chi connectivity index (χ3v) is 4.13. The topological polar surface area (TPSA) is 63.2 Å². The van der Waals surface area contributed by atoms with Crippen LogP contribution in [0.15, 0.2) is 12.2 Å². The molecule has 0 amide bonds. The lowest BCUT2D eigenvalue weighted by Gasteiger charge is -2.32. The van der Waals surface area contributed by atoms with E-state index in [1.807, 2.05) is 0 Å². The first kappa shape index (κ1) is 17.4. The Balaban J connectivity index is 1.90. The van der Waals surface area contributed by atoms with Crippen LogP contribution in [0.4, 0.5) is 0 Å². The zero-order chi connectivity index (χ0) is 15.8. The maximum atomic E-state index is 11.1. The van der Waals surface area contributed by atoms with E-state index in [2.05, 4.69) is 4.74 Å². The fraction of sp³-hybridized carbons (Fsp3) is 0.812. The molecule has 0 unspecified atom stereocenters. The lowest BCUT2D eigenvalue weighted by atomic mass is 9.94. The average molecular weight is 314 g/mol. The molecule has 1 aliphatic carbocycles. The van der Waals surface area contributed by atoms with E-state index in [-0.39, 0.29) is 25.0 Å². The number of carbonyl (C=O) groups is 1. The van der Waals surface area contributed by atoms with Gasteiger partial charge >= 0.3 is 5.97 Å². The molecule has 2 fully saturated rings. The summed E-state index contributed by atoms with van der Waals surface area (Å²) >= 11 is 0. The minimum Gasteiger partial charge on any atom is -0.466 e. The van der Waals surface area contributed by atoms with E-state index in [4.69, 9.17) is 18.9 Å². The molecule has 2 atom stereocenters. The highest BCUT2D eigenvalue weighted by atomic mass is 16.8. The standard InChI is InChI=1S/C16H26O6/c1-18-12-20-13(7-6-8-15(17)19-2)14-11-21-16(22-14)9-4-3-5-10-16/h6,8,13-14H,3-5,7,9-12H2,1-2H3/b8-6+/t13-,14+/m0/s1. The highest BCUT2D eigenvalue weighted by molar-refractivity contribution is 5.81. The fourth-order valence-electron chi connectivity index (χ4n) is 2.96. The minimum atomic E-state index is -0.427.